The van der Waals surface area contributed by atoms with Crippen molar-refractivity contribution < 1.29 is 18.6 Å². The van der Waals surface area contributed by atoms with E-state index in [1.807, 2.05) is 0 Å². The van der Waals surface area contributed by atoms with Gasteiger partial charge in [0.2, 0.25) is 5.82 Å². The molecule has 0 amide bonds. The number of nitrogens with zero attached hydrogens (tertiary/aromatic N) is 4. The Morgan fingerprint density at radius 2 is 2.21 bits per heavy atom. The van der Waals surface area contributed by atoms with Gasteiger partial charge in [0, 0.05) is 5.75 Å². The predicted octanol–water partition coefficient (Wildman–Crippen LogP) is 2.25. The standard InChI is InChI=1S/C13H10BrFN4O4S/c1-6(20)5-24-12-10(16-23-18-12)11-17-22-13(21)19(11)7-2-3-9(15)8(14)4-7/h2-4,6,20H,5H2,1H3. The fraction of sp³-hybridized carbons (Fsp3) is 0.231. The van der Waals surface area contributed by atoms with E-state index in [1.54, 1.807) is 6.92 Å². The van der Waals surface area contributed by atoms with Gasteiger partial charge in [0.25, 0.3) is 0 Å². The maximum Gasteiger partial charge on any atom is 0.446 e. The zero-order chi connectivity index (χ0) is 17.3. The number of hydrogen-bond acceptors (Lipinski definition) is 8. The molecule has 3 rings (SSSR count). The molecule has 0 saturated heterocycles. The van der Waals surface area contributed by atoms with Gasteiger partial charge in [-0.15, -0.1) is 0 Å². The third-order valence-corrected chi connectivity index (χ3v) is 4.70. The van der Waals surface area contributed by atoms with Crippen molar-refractivity contribution in [3.63, 3.8) is 0 Å². The molecule has 2 aromatic heterocycles. The Hall–Kier alpha value is -1.98. The fourth-order valence-electron chi connectivity index (χ4n) is 1.86. The molecule has 0 aliphatic rings. The minimum absolute atomic E-state index is 0.0628. The Labute approximate surface area is 146 Å². The van der Waals surface area contributed by atoms with Gasteiger partial charge in [-0.2, -0.15) is 0 Å². The second-order valence-corrected chi connectivity index (χ2v) is 6.65. The van der Waals surface area contributed by atoms with E-state index < -0.39 is 17.7 Å². The first-order chi connectivity index (χ1) is 11.5. The van der Waals surface area contributed by atoms with E-state index in [1.165, 1.54) is 30.0 Å². The summed E-state index contributed by atoms with van der Waals surface area (Å²) in [5, 5.41) is 20.9. The summed E-state index contributed by atoms with van der Waals surface area (Å²) in [5.41, 5.74) is 0.519. The summed E-state index contributed by atoms with van der Waals surface area (Å²) in [6.07, 6.45) is -0.563. The number of aliphatic hydroxyl groups excluding tert-OH is 1. The molecule has 0 saturated carbocycles. The van der Waals surface area contributed by atoms with Crippen LogP contribution < -0.4 is 5.76 Å². The van der Waals surface area contributed by atoms with E-state index in [-0.39, 0.29) is 16.0 Å². The molecule has 0 spiro atoms. The first-order valence-corrected chi connectivity index (χ1v) is 8.43. The van der Waals surface area contributed by atoms with Crippen molar-refractivity contribution in [3.8, 4) is 17.2 Å². The van der Waals surface area contributed by atoms with Gasteiger partial charge >= 0.3 is 5.76 Å². The van der Waals surface area contributed by atoms with Crippen LogP contribution >= 0.6 is 27.7 Å². The van der Waals surface area contributed by atoms with Crippen LogP contribution in [0.4, 0.5) is 4.39 Å². The van der Waals surface area contributed by atoms with E-state index in [2.05, 4.69) is 31.4 Å². The highest BCUT2D eigenvalue weighted by molar-refractivity contribution is 9.10. The Balaban J connectivity index is 2.07. The summed E-state index contributed by atoms with van der Waals surface area (Å²) in [5.74, 6) is -0.822. The highest BCUT2D eigenvalue weighted by atomic mass is 79.9. The first kappa shape index (κ1) is 16.9. The molecule has 0 fully saturated rings. The fourth-order valence-corrected chi connectivity index (χ4v) is 2.98. The average molecular weight is 417 g/mol. The molecule has 126 valence electrons. The largest absolute Gasteiger partial charge is 0.446 e. The van der Waals surface area contributed by atoms with E-state index in [4.69, 9.17) is 9.15 Å². The number of thioether (sulfide) groups is 1. The lowest BCUT2D eigenvalue weighted by atomic mass is 10.3. The summed E-state index contributed by atoms with van der Waals surface area (Å²) in [4.78, 5) is 12.0. The Kier molecular flexibility index (Phi) is 4.83. The number of aliphatic hydroxyl groups is 1. The van der Waals surface area contributed by atoms with E-state index in [0.717, 1.165) is 4.57 Å². The third-order valence-electron chi connectivity index (χ3n) is 2.90. The van der Waals surface area contributed by atoms with Crippen LogP contribution in [0.25, 0.3) is 17.2 Å². The zero-order valence-electron chi connectivity index (χ0n) is 12.1. The van der Waals surface area contributed by atoms with Crippen molar-refractivity contribution in [2.45, 2.75) is 18.1 Å². The molecule has 0 bridgehead atoms. The van der Waals surface area contributed by atoms with Crippen molar-refractivity contribution in [1.29, 1.82) is 0 Å². The second kappa shape index (κ2) is 6.87. The van der Waals surface area contributed by atoms with E-state index >= 15 is 0 Å². The number of aromatic nitrogens is 4. The smallest absolute Gasteiger partial charge is 0.393 e. The Bertz CT molecular complexity index is 923. The van der Waals surface area contributed by atoms with Crippen LogP contribution in [0.1, 0.15) is 6.92 Å². The van der Waals surface area contributed by atoms with Crippen molar-refractivity contribution in [1.82, 2.24) is 20.0 Å². The molecule has 1 unspecified atom stereocenters. The van der Waals surface area contributed by atoms with Gasteiger partial charge in [-0.25, -0.2) is 18.4 Å². The van der Waals surface area contributed by atoms with E-state index in [0.29, 0.717) is 16.5 Å². The van der Waals surface area contributed by atoms with Gasteiger partial charge in [-0.1, -0.05) is 16.9 Å². The number of halogens is 2. The van der Waals surface area contributed by atoms with Crippen LogP contribution in [-0.2, 0) is 0 Å². The van der Waals surface area contributed by atoms with Gasteiger partial charge in [0.1, 0.15) is 5.82 Å². The highest BCUT2D eigenvalue weighted by Gasteiger charge is 2.23. The van der Waals surface area contributed by atoms with Crippen LogP contribution in [0.2, 0.25) is 0 Å². The number of rotatable bonds is 5. The van der Waals surface area contributed by atoms with E-state index in [9.17, 15) is 14.3 Å². The van der Waals surface area contributed by atoms with Gasteiger partial charge in [0.15, 0.2) is 10.7 Å². The third kappa shape index (κ3) is 3.28. The maximum atomic E-state index is 13.4. The molecular weight excluding hydrogens is 407 g/mol. The van der Waals surface area contributed by atoms with Gasteiger partial charge in [-0.3, -0.25) is 4.52 Å². The average Bonchev–Trinajstić information content (AvgIpc) is 3.14. The molecule has 2 heterocycles. The molecule has 1 N–H and O–H groups in total. The SMILES string of the molecule is CC(O)CSc1nonc1-c1noc(=O)n1-c1ccc(F)c(Br)c1. The minimum atomic E-state index is -0.766. The summed E-state index contributed by atoms with van der Waals surface area (Å²) in [7, 11) is 0. The summed E-state index contributed by atoms with van der Waals surface area (Å²) >= 11 is 4.26. The maximum absolute atomic E-state index is 13.4. The predicted molar refractivity (Wildman–Crippen MR) is 85.5 cm³/mol. The first-order valence-electron chi connectivity index (χ1n) is 6.65. The van der Waals surface area contributed by atoms with Crippen molar-refractivity contribution >= 4 is 27.7 Å². The monoisotopic (exact) mass is 416 g/mol. The lowest BCUT2D eigenvalue weighted by Crippen LogP contribution is -2.13. The topological polar surface area (TPSA) is 107 Å². The molecule has 0 aliphatic heterocycles. The number of benzene rings is 1. The van der Waals surface area contributed by atoms with Crippen LogP contribution in [0.3, 0.4) is 0 Å². The summed E-state index contributed by atoms with van der Waals surface area (Å²) in [6.45, 7) is 1.63. The van der Waals surface area contributed by atoms with Gasteiger partial charge in [0.05, 0.1) is 16.3 Å². The molecule has 8 nitrogen and oxygen atoms in total. The Morgan fingerprint density at radius 1 is 1.42 bits per heavy atom. The molecule has 11 heteroatoms. The van der Waals surface area contributed by atoms with Gasteiger partial charge < -0.3 is 5.11 Å². The minimum Gasteiger partial charge on any atom is -0.393 e. The molecule has 0 radical (unpaired) electrons. The second-order valence-electron chi connectivity index (χ2n) is 4.78. The quantitative estimate of drug-likeness (QED) is 0.630. The molecule has 1 atom stereocenters. The molecule has 24 heavy (non-hydrogen) atoms. The van der Waals surface area contributed by atoms with Crippen LogP contribution in [0.5, 0.6) is 0 Å². The normalized spacial score (nSPS) is 12.5. The van der Waals surface area contributed by atoms with Crippen LogP contribution in [0, 0.1) is 5.82 Å². The van der Waals surface area contributed by atoms with Crippen molar-refractivity contribution in [2.75, 3.05) is 5.75 Å². The molecule has 1 aromatic carbocycles. The summed E-state index contributed by atoms with van der Waals surface area (Å²) in [6, 6.07) is 4.01. The van der Waals surface area contributed by atoms with Crippen molar-refractivity contribution in [2.24, 2.45) is 0 Å². The van der Waals surface area contributed by atoms with Crippen LogP contribution in [-0.4, -0.2) is 37.0 Å². The van der Waals surface area contributed by atoms with Crippen LogP contribution in [0.15, 0.2) is 41.6 Å². The lowest BCUT2D eigenvalue weighted by Gasteiger charge is -2.05. The summed E-state index contributed by atoms with van der Waals surface area (Å²) < 4.78 is 24.1. The number of hydrogen-bond donors (Lipinski definition) is 1. The molecular formula is C13H10BrFN4O4S. The zero-order valence-corrected chi connectivity index (χ0v) is 14.5. The molecule has 3 aromatic rings. The van der Waals surface area contributed by atoms with Crippen molar-refractivity contribution in [3.05, 3.63) is 39.0 Å². The molecule has 0 aliphatic carbocycles. The Morgan fingerprint density at radius 3 is 2.92 bits per heavy atom. The highest BCUT2D eigenvalue weighted by Crippen LogP contribution is 2.29. The lowest BCUT2D eigenvalue weighted by molar-refractivity contribution is 0.220. The van der Waals surface area contributed by atoms with Gasteiger partial charge in [-0.05, 0) is 51.4 Å².